The number of ether oxygens (including phenoxy) is 1. The van der Waals surface area contributed by atoms with Gasteiger partial charge in [0.05, 0.1) is 22.5 Å². The number of hydrogen-bond donors (Lipinski definition) is 1. The molecule has 1 aromatic heterocycles. The summed E-state index contributed by atoms with van der Waals surface area (Å²) in [6.45, 7) is 7.60. The summed E-state index contributed by atoms with van der Waals surface area (Å²) in [6.07, 6.45) is 2.41. The van der Waals surface area contributed by atoms with Crippen LogP contribution in [0.25, 0.3) is 10.9 Å². The summed E-state index contributed by atoms with van der Waals surface area (Å²) in [5, 5.41) is 3.58. The van der Waals surface area contributed by atoms with Crippen LogP contribution in [0.15, 0.2) is 53.5 Å². The topological polar surface area (TPSA) is 63.6 Å². The van der Waals surface area contributed by atoms with Gasteiger partial charge in [-0.05, 0) is 38.0 Å². The van der Waals surface area contributed by atoms with E-state index in [1.165, 1.54) is 5.56 Å². The van der Waals surface area contributed by atoms with Gasteiger partial charge in [0.15, 0.2) is 0 Å². The molecule has 0 saturated heterocycles. The normalized spacial score (nSPS) is 12.9. The molecule has 3 aromatic rings. The predicted molar refractivity (Wildman–Crippen MR) is 128 cm³/mol. The summed E-state index contributed by atoms with van der Waals surface area (Å²) in [7, 11) is 0. The fourth-order valence-electron chi connectivity index (χ4n) is 4.09. The highest BCUT2D eigenvalue weighted by Gasteiger charge is 2.22. The van der Waals surface area contributed by atoms with Crippen molar-refractivity contribution < 1.29 is 9.53 Å². The van der Waals surface area contributed by atoms with Crippen LogP contribution in [-0.4, -0.2) is 41.1 Å². The maximum absolute atomic E-state index is 13.0. The Kier molecular flexibility index (Phi) is 6.82. The fraction of sp³-hybridized carbons (Fsp3) is 0.360. The molecule has 6 nitrogen and oxygen atoms in total. The predicted octanol–water partition coefficient (Wildman–Crippen LogP) is 4.08. The number of benzene rings is 2. The van der Waals surface area contributed by atoms with Crippen molar-refractivity contribution in [1.82, 2.24) is 14.8 Å². The fourth-order valence-corrected chi connectivity index (χ4v) is 4.33. The third-order valence-electron chi connectivity index (χ3n) is 5.83. The van der Waals surface area contributed by atoms with Crippen molar-refractivity contribution in [3.05, 3.63) is 75.0 Å². The van der Waals surface area contributed by atoms with Crippen molar-refractivity contribution in [2.24, 2.45) is 0 Å². The van der Waals surface area contributed by atoms with Gasteiger partial charge in [0.25, 0.3) is 5.91 Å². The zero-order valence-corrected chi connectivity index (χ0v) is 19.2. The Bertz CT molecular complexity index is 1170. The van der Waals surface area contributed by atoms with E-state index in [0.29, 0.717) is 47.4 Å². The van der Waals surface area contributed by atoms with Gasteiger partial charge >= 0.3 is 0 Å². The first-order valence-electron chi connectivity index (χ1n) is 11.0. The van der Waals surface area contributed by atoms with Gasteiger partial charge in [-0.2, -0.15) is 0 Å². The minimum atomic E-state index is -0.368. The third kappa shape index (κ3) is 4.66. The number of aromatic nitrogens is 1. The van der Waals surface area contributed by atoms with Gasteiger partial charge in [-0.25, -0.2) is 0 Å². The van der Waals surface area contributed by atoms with Crippen LogP contribution < -0.4 is 15.5 Å². The Hall–Kier alpha value is -2.83. The number of halogens is 1. The summed E-state index contributed by atoms with van der Waals surface area (Å²) in [4.78, 5) is 28.3. The molecule has 168 valence electrons. The number of pyridine rings is 1. The number of amides is 1. The number of nitrogens with one attached hydrogen (secondary N) is 1. The van der Waals surface area contributed by atoms with Gasteiger partial charge in [-0.15, -0.1) is 0 Å². The quantitative estimate of drug-likeness (QED) is 0.522. The molecule has 4 rings (SSSR count). The minimum absolute atomic E-state index is 0.114. The molecule has 1 amide bonds. The van der Waals surface area contributed by atoms with Gasteiger partial charge < -0.3 is 14.6 Å². The summed E-state index contributed by atoms with van der Waals surface area (Å²) >= 11 is 6.32. The first-order chi connectivity index (χ1) is 15.5. The van der Waals surface area contributed by atoms with Crippen LogP contribution in [0.4, 0.5) is 0 Å². The largest absolute Gasteiger partial charge is 0.490 e. The summed E-state index contributed by atoms with van der Waals surface area (Å²) in [6, 6.07) is 14.2. The van der Waals surface area contributed by atoms with Crippen LogP contribution >= 0.6 is 11.6 Å². The van der Waals surface area contributed by atoms with Gasteiger partial charge in [0, 0.05) is 31.9 Å². The van der Waals surface area contributed by atoms with Gasteiger partial charge in [-0.1, -0.05) is 41.9 Å². The second-order valence-electron chi connectivity index (χ2n) is 8.34. The smallest absolute Gasteiger partial charge is 0.256 e. The minimum Gasteiger partial charge on any atom is -0.490 e. The van der Waals surface area contributed by atoms with Crippen molar-refractivity contribution in [1.29, 1.82) is 0 Å². The average Bonchev–Trinajstić information content (AvgIpc) is 2.79. The lowest BCUT2D eigenvalue weighted by molar-refractivity contribution is 0.0948. The zero-order chi connectivity index (χ0) is 22.7. The molecular weight excluding hydrogens is 426 g/mol. The van der Waals surface area contributed by atoms with Crippen LogP contribution in [-0.2, 0) is 13.1 Å². The molecule has 0 aliphatic carbocycles. The maximum atomic E-state index is 13.0. The van der Waals surface area contributed by atoms with Crippen LogP contribution in [0.1, 0.15) is 36.2 Å². The van der Waals surface area contributed by atoms with Gasteiger partial charge in [-0.3, -0.25) is 14.5 Å². The monoisotopic (exact) mass is 453 g/mol. The molecule has 1 N–H and O–H groups in total. The number of carbonyl (C=O) groups is 1. The Balaban J connectivity index is 1.43. The second kappa shape index (κ2) is 9.76. The number of nitrogens with zero attached hydrogens (tertiary/aromatic N) is 2. The van der Waals surface area contributed by atoms with Crippen molar-refractivity contribution in [3.63, 3.8) is 0 Å². The molecule has 1 aliphatic heterocycles. The molecule has 0 unspecified atom stereocenters. The average molecular weight is 454 g/mol. The van der Waals surface area contributed by atoms with Crippen molar-refractivity contribution in [2.45, 2.75) is 39.4 Å². The molecular formula is C25H28ClN3O3. The van der Waals surface area contributed by atoms with E-state index in [1.807, 2.05) is 22.8 Å². The lowest BCUT2D eigenvalue weighted by Crippen LogP contribution is -2.35. The molecule has 2 heterocycles. The molecule has 7 heteroatoms. The number of rotatable bonds is 8. The molecule has 0 spiro atoms. The lowest BCUT2D eigenvalue weighted by Gasteiger charge is -2.26. The van der Waals surface area contributed by atoms with E-state index in [9.17, 15) is 9.59 Å². The first-order valence-corrected chi connectivity index (χ1v) is 11.4. The highest BCUT2D eigenvalue weighted by Crippen LogP contribution is 2.31. The molecule has 0 bridgehead atoms. The zero-order valence-electron chi connectivity index (χ0n) is 18.4. The molecule has 0 radical (unpaired) electrons. The number of hydrogen-bond acceptors (Lipinski definition) is 4. The van der Waals surface area contributed by atoms with E-state index in [1.54, 1.807) is 18.3 Å². The summed E-state index contributed by atoms with van der Waals surface area (Å²) in [5.74, 6) is 0.250. The summed E-state index contributed by atoms with van der Waals surface area (Å²) in [5.41, 5.74) is 1.67. The first kappa shape index (κ1) is 22.4. The Morgan fingerprint density at radius 3 is 2.75 bits per heavy atom. The van der Waals surface area contributed by atoms with Crippen LogP contribution in [0.5, 0.6) is 5.75 Å². The Morgan fingerprint density at radius 1 is 1.22 bits per heavy atom. The highest BCUT2D eigenvalue weighted by atomic mass is 35.5. The highest BCUT2D eigenvalue weighted by molar-refractivity contribution is 6.35. The van der Waals surface area contributed by atoms with E-state index in [4.69, 9.17) is 16.3 Å². The molecule has 0 saturated carbocycles. The SMILES string of the molecule is CC(C)N(CCCNC(=O)c1cn2c3c(ccc(Cl)c3c1=O)OCC2)Cc1ccccc1. The van der Waals surface area contributed by atoms with Crippen molar-refractivity contribution in [3.8, 4) is 5.75 Å². The molecule has 1 aliphatic rings. The van der Waals surface area contributed by atoms with Crippen molar-refractivity contribution >= 4 is 28.4 Å². The van der Waals surface area contributed by atoms with Gasteiger partial charge in [0.1, 0.15) is 17.9 Å². The van der Waals surface area contributed by atoms with Crippen molar-refractivity contribution in [2.75, 3.05) is 19.7 Å². The molecule has 2 aromatic carbocycles. The number of carbonyl (C=O) groups excluding carboxylic acids is 1. The van der Waals surface area contributed by atoms with Crippen LogP contribution in [0, 0.1) is 0 Å². The van der Waals surface area contributed by atoms with E-state index in [-0.39, 0.29) is 16.9 Å². The van der Waals surface area contributed by atoms with Gasteiger partial charge in [0.2, 0.25) is 5.43 Å². The lowest BCUT2D eigenvalue weighted by atomic mass is 10.1. The Morgan fingerprint density at radius 2 is 2.00 bits per heavy atom. The van der Waals surface area contributed by atoms with E-state index < -0.39 is 0 Å². The molecule has 0 fully saturated rings. The van der Waals surface area contributed by atoms with Crippen LogP contribution in [0.2, 0.25) is 5.02 Å². The second-order valence-corrected chi connectivity index (χ2v) is 8.75. The van der Waals surface area contributed by atoms with E-state index >= 15 is 0 Å². The molecule has 0 atom stereocenters. The third-order valence-corrected chi connectivity index (χ3v) is 6.15. The van der Waals surface area contributed by atoms with Crippen LogP contribution in [0.3, 0.4) is 0 Å². The standard InChI is InChI=1S/C25H28ClN3O3/c1-17(2)28(15-18-7-4-3-5-8-18)12-6-11-27-25(31)19-16-29-13-14-32-21-10-9-20(26)22(23(21)29)24(19)30/h3-5,7-10,16-17H,6,11-15H2,1-2H3,(H,27,31). The maximum Gasteiger partial charge on any atom is 0.256 e. The van der Waals surface area contributed by atoms with E-state index in [2.05, 4.69) is 36.2 Å². The summed E-state index contributed by atoms with van der Waals surface area (Å²) < 4.78 is 7.53. The Labute approximate surface area is 192 Å². The van der Waals surface area contributed by atoms with E-state index in [0.717, 1.165) is 19.5 Å². The molecule has 32 heavy (non-hydrogen) atoms.